The zero-order valence-corrected chi connectivity index (χ0v) is 11.3. The molecule has 0 fully saturated rings. The maximum Gasteiger partial charge on any atom is 0.330 e. The molecule has 0 saturated carbocycles. The van der Waals surface area contributed by atoms with E-state index in [4.69, 9.17) is 0 Å². The minimum absolute atomic E-state index is 0.609. The third kappa shape index (κ3) is 9.69. The molecule has 0 aliphatic heterocycles. The summed E-state index contributed by atoms with van der Waals surface area (Å²) in [6, 6.07) is 0. The first-order chi connectivity index (χ1) is 9.70. The van der Waals surface area contributed by atoms with Crippen molar-refractivity contribution in [1.29, 1.82) is 0 Å². The quantitative estimate of drug-likeness (QED) is 0.453. The van der Waals surface area contributed by atoms with Crippen LogP contribution in [0.5, 0.6) is 0 Å². The van der Waals surface area contributed by atoms with Crippen molar-refractivity contribution in [2.24, 2.45) is 0 Å². The predicted molar refractivity (Wildman–Crippen MR) is 68.5 cm³/mol. The van der Waals surface area contributed by atoms with Crippen LogP contribution in [-0.2, 0) is 19.1 Å². The van der Waals surface area contributed by atoms with E-state index in [1.165, 1.54) is 0 Å². The number of rotatable bonds is 10. The lowest BCUT2D eigenvalue weighted by Gasteiger charge is -2.22. The highest BCUT2D eigenvalue weighted by atomic mass is 19.3. The smallest absolute Gasteiger partial charge is 0.330 e. The molecule has 0 rings (SSSR count). The minimum atomic E-state index is -3.42. The standard InChI is InChI=1S/C13H18F2O6/c1-3-11(18)20-7-9(16)5-13(14,15)6-10(17)8-21-12(19)4-2/h3-4,9-10,16-17H,1-2,5-8H2. The van der Waals surface area contributed by atoms with E-state index in [-0.39, 0.29) is 0 Å². The molecule has 2 N–H and O–H groups in total. The van der Waals surface area contributed by atoms with Gasteiger partial charge in [0.15, 0.2) is 0 Å². The molecule has 0 bridgehead atoms. The van der Waals surface area contributed by atoms with Gasteiger partial charge in [0.2, 0.25) is 0 Å². The van der Waals surface area contributed by atoms with Crippen LogP contribution >= 0.6 is 0 Å². The van der Waals surface area contributed by atoms with Crippen LogP contribution in [0.15, 0.2) is 25.3 Å². The molecule has 0 amide bonds. The highest BCUT2D eigenvalue weighted by molar-refractivity contribution is 5.81. The van der Waals surface area contributed by atoms with Crippen LogP contribution < -0.4 is 0 Å². The van der Waals surface area contributed by atoms with Crippen molar-refractivity contribution in [1.82, 2.24) is 0 Å². The number of ether oxygens (including phenoxy) is 2. The fourth-order valence-corrected chi connectivity index (χ4v) is 1.37. The van der Waals surface area contributed by atoms with E-state index in [1.807, 2.05) is 0 Å². The summed E-state index contributed by atoms with van der Waals surface area (Å²) >= 11 is 0. The largest absolute Gasteiger partial charge is 0.460 e. The molecule has 0 aromatic heterocycles. The van der Waals surface area contributed by atoms with Crippen molar-refractivity contribution < 1.29 is 38.1 Å². The molecule has 120 valence electrons. The first-order valence-corrected chi connectivity index (χ1v) is 6.02. The van der Waals surface area contributed by atoms with Gasteiger partial charge in [-0.2, -0.15) is 0 Å². The van der Waals surface area contributed by atoms with Crippen molar-refractivity contribution in [3.05, 3.63) is 25.3 Å². The van der Waals surface area contributed by atoms with E-state index < -0.39 is 56.1 Å². The van der Waals surface area contributed by atoms with Gasteiger partial charge in [-0.25, -0.2) is 18.4 Å². The summed E-state index contributed by atoms with van der Waals surface area (Å²) in [6.45, 7) is 5.00. The summed E-state index contributed by atoms with van der Waals surface area (Å²) in [5.74, 6) is -5.09. The summed E-state index contributed by atoms with van der Waals surface area (Å²) in [4.78, 5) is 21.4. The summed E-state index contributed by atoms with van der Waals surface area (Å²) in [5, 5.41) is 18.7. The highest BCUT2D eigenvalue weighted by Crippen LogP contribution is 2.26. The Labute approximate surface area is 120 Å². The van der Waals surface area contributed by atoms with Crippen LogP contribution in [0.1, 0.15) is 12.8 Å². The third-order valence-corrected chi connectivity index (χ3v) is 2.24. The number of esters is 2. The van der Waals surface area contributed by atoms with Crippen molar-refractivity contribution in [2.45, 2.75) is 31.0 Å². The van der Waals surface area contributed by atoms with Gasteiger partial charge in [0, 0.05) is 25.0 Å². The molecule has 2 unspecified atom stereocenters. The molecular formula is C13H18F2O6. The molecule has 8 heteroatoms. The van der Waals surface area contributed by atoms with Gasteiger partial charge in [-0.15, -0.1) is 0 Å². The molecule has 6 nitrogen and oxygen atoms in total. The van der Waals surface area contributed by atoms with E-state index in [9.17, 15) is 28.6 Å². The SMILES string of the molecule is C=CC(=O)OCC(O)CC(F)(F)CC(O)COC(=O)C=C. The summed E-state index contributed by atoms with van der Waals surface area (Å²) in [6.07, 6.45) is -3.53. The van der Waals surface area contributed by atoms with E-state index in [0.717, 1.165) is 12.2 Å². The molecule has 0 aromatic rings. The lowest BCUT2D eigenvalue weighted by molar-refractivity contribution is -0.146. The fraction of sp³-hybridized carbons (Fsp3) is 0.538. The first-order valence-electron chi connectivity index (χ1n) is 6.02. The number of halogens is 2. The second-order valence-electron chi connectivity index (χ2n) is 4.24. The van der Waals surface area contributed by atoms with Crippen molar-refractivity contribution in [2.75, 3.05) is 13.2 Å². The van der Waals surface area contributed by atoms with Crippen LogP contribution in [-0.4, -0.2) is 53.5 Å². The molecule has 21 heavy (non-hydrogen) atoms. The van der Waals surface area contributed by atoms with Crippen LogP contribution in [0, 0.1) is 0 Å². The topological polar surface area (TPSA) is 93.1 Å². The molecular weight excluding hydrogens is 290 g/mol. The van der Waals surface area contributed by atoms with Crippen molar-refractivity contribution >= 4 is 11.9 Å². The van der Waals surface area contributed by atoms with Gasteiger partial charge < -0.3 is 19.7 Å². The molecule has 2 atom stereocenters. The molecule has 0 aliphatic rings. The van der Waals surface area contributed by atoms with Gasteiger partial charge in [0.05, 0.1) is 12.2 Å². The number of hydrogen-bond acceptors (Lipinski definition) is 6. The monoisotopic (exact) mass is 308 g/mol. The Bertz CT molecular complexity index is 349. The van der Waals surface area contributed by atoms with Crippen molar-refractivity contribution in [3.8, 4) is 0 Å². The predicted octanol–water partition coefficient (Wildman–Crippen LogP) is 0.582. The first kappa shape index (κ1) is 19.2. The maximum atomic E-state index is 13.5. The van der Waals surface area contributed by atoms with E-state index in [1.54, 1.807) is 0 Å². The lowest BCUT2D eigenvalue weighted by Crippen LogP contribution is -2.33. The van der Waals surface area contributed by atoms with Gasteiger partial charge in [0.25, 0.3) is 5.92 Å². The Morgan fingerprint density at radius 3 is 1.62 bits per heavy atom. The Kier molecular flexibility index (Phi) is 8.41. The van der Waals surface area contributed by atoms with Gasteiger partial charge >= 0.3 is 11.9 Å². The molecule has 0 spiro atoms. The van der Waals surface area contributed by atoms with Crippen LogP contribution in [0.3, 0.4) is 0 Å². The molecule has 0 aliphatic carbocycles. The zero-order chi connectivity index (χ0) is 16.5. The number of carbonyl (C=O) groups is 2. The Hall–Kier alpha value is -1.80. The molecule has 0 heterocycles. The number of aliphatic hydroxyl groups is 2. The van der Waals surface area contributed by atoms with E-state index >= 15 is 0 Å². The minimum Gasteiger partial charge on any atom is -0.460 e. The summed E-state index contributed by atoms with van der Waals surface area (Å²) in [7, 11) is 0. The second kappa shape index (κ2) is 9.19. The van der Waals surface area contributed by atoms with Crippen LogP contribution in [0.2, 0.25) is 0 Å². The maximum absolute atomic E-state index is 13.5. The fourth-order valence-electron chi connectivity index (χ4n) is 1.37. The third-order valence-electron chi connectivity index (χ3n) is 2.24. The number of aliphatic hydroxyl groups excluding tert-OH is 2. The lowest BCUT2D eigenvalue weighted by atomic mass is 10.0. The van der Waals surface area contributed by atoms with Crippen molar-refractivity contribution in [3.63, 3.8) is 0 Å². The summed E-state index contributed by atoms with van der Waals surface area (Å²) < 4.78 is 35.8. The Balaban J connectivity index is 4.15. The summed E-state index contributed by atoms with van der Waals surface area (Å²) in [5.41, 5.74) is 0. The van der Waals surface area contributed by atoms with Gasteiger partial charge in [-0.3, -0.25) is 0 Å². The van der Waals surface area contributed by atoms with Gasteiger partial charge in [-0.05, 0) is 0 Å². The average molecular weight is 308 g/mol. The highest BCUT2D eigenvalue weighted by Gasteiger charge is 2.35. The van der Waals surface area contributed by atoms with Gasteiger partial charge in [-0.1, -0.05) is 13.2 Å². The second-order valence-corrected chi connectivity index (χ2v) is 4.24. The normalized spacial score (nSPS) is 13.9. The number of alkyl halides is 2. The van der Waals surface area contributed by atoms with Gasteiger partial charge in [0.1, 0.15) is 13.2 Å². The molecule has 0 aromatic carbocycles. The van der Waals surface area contributed by atoms with E-state index in [2.05, 4.69) is 22.6 Å². The Morgan fingerprint density at radius 1 is 1.00 bits per heavy atom. The number of hydrogen-bond donors (Lipinski definition) is 2. The van der Waals surface area contributed by atoms with Crippen LogP contribution in [0.25, 0.3) is 0 Å². The molecule has 0 saturated heterocycles. The molecule has 0 radical (unpaired) electrons. The van der Waals surface area contributed by atoms with E-state index in [0.29, 0.717) is 0 Å². The Morgan fingerprint density at radius 2 is 1.33 bits per heavy atom. The average Bonchev–Trinajstić information content (AvgIpc) is 2.40. The van der Waals surface area contributed by atoms with Crippen LogP contribution in [0.4, 0.5) is 8.78 Å². The zero-order valence-electron chi connectivity index (χ0n) is 11.3. The number of carbonyl (C=O) groups excluding carboxylic acids is 2.